The van der Waals surface area contributed by atoms with Crippen LogP contribution in [0.1, 0.15) is 13.8 Å². The average Bonchev–Trinajstić information content (AvgIpc) is 2.28. The molecule has 0 saturated carbocycles. The summed E-state index contributed by atoms with van der Waals surface area (Å²) >= 11 is 3.20. The Morgan fingerprint density at radius 1 is 1.56 bits per heavy atom. The Balaban J connectivity index is 2.48. The van der Waals surface area contributed by atoms with Crippen LogP contribution in [0.2, 0.25) is 0 Å². The summed E-state index contributed by atoms with van der Waals surface area (Å²) in [6.07, 6.45) is 1.58. The fraction of sp³-hybridized carbons (Fsp3) is 0.538. The number of carbonyl (C=O) groups excluding carboxylic acids is 1. The zero-order valence-electron chi connectivity index (χ0n) is 11.0. The van der Waals surface area contributed by atoms with Gasteiger partial charge >= 0.3 is 0 Å². The van der Waals surface area contributed by atoms with Crippen molar-refractivity contribution in [2.24, 2.45) is 10.9 Å². The minimum absolute atomic E-state index is 0.143. The van der Waals surface area contributed by atoms with Crippen molar-refractivity contribution in [2.45, 2.75) is 13.8 Å². The summed E-state index contributed by atoms with van der Waals surface area (Å²) < 4.78 is 0.683. The quantitative estimate of drug-likeness (QED) is 0.705. The van der Waals surface area contributed by atoms with Crippen molar-refractivity contribution in [1.29, 1.82) is 0 Å². The Morgan fingerprint density at radius 2 is 2.17 bits per heavy atom. The first-order valence-corrected chi connectivity index (χ1v) is 6.83. The molecule has 100 valence electrons. The third-order valence-corrected chi connectivity index (χ3v) is 3.05. The molecule has 1 fully saturated rings. The molecule has 0 aromatic carbocycles. The zero-order chi connectivity index (χ0) is 13.7. The van der Waals surface area contributed by atoms with Crippen LogP contribution < -0.4 is 0 Å². The van der Waals surface area contributed by atoms with E-state index < -0.39 is 0 Å². The van der Waals surface area contributed by atoms with E-state index in [1.54, 1.807) is 6.21 Å². The molecule has 0 aliphatic carbocycles. The van der Waals surface area contributed by atoms with Crippen LogP contribution in [0, 0.1) is 5.92 Å². The highest BCUT2D eigenvalue weighted by Crippen LogP contribution is 2.15. The summed E-state index contributed by atoms with van der Waals surface area (Å²) in [6.45, 7) is 14.4. The smallest absolute Gasteiger partial charge is 0.242 e. The molecule has 1 saturated heterocycles. The molecular formula is C13H20BrN3O. The number of nitrogens with zero attached hydrogens (tertiary/aromatic N) is 3. The van der Waals surface area contributed by atoms with Crippen molar-refractivity contribution in [3.05, 3.63) is 23.5 Å². The van der Waals surface area contributed by atoms with E-state index in [0.29, 0.717) is 29.3 Å². The Bertz CT molecular complexity index is 372. The lowest BCUT2D eigenvalue weighted by molar-refractivity contribution is -0.137. The fourth-order valence-electron chi connectivity index (χ4n) is 1.78. The van der Waals surface area contributed by atoms with Crippen molar-refractivity contribution in [3.8, 4) is 0 Å². The molecule has 0 spiro atoms. The fourth-order valence-corrected chi connectivity index (χ4v) is 1.88. The lowest BCUT2D eigenvalue weighted by Crippen LogP contribution is -2.51. The molecule has 1 amide bonds. The molecule has 18 heavy (non-hydrogen) atoms. The van der Waals surface area contributed by atoms with Gasteiger partial charge in [0, 0.05) is 30.3 Å². The van der Waals surface area contributed by atoms with E-state index in [9.17, 15) is 4.79 Å². The third kappa shape index (κ3) is 4.29. The van der Waals surface area contributed by atoms with Crippen LogP contribution >= 0.6 is 15.9 Å². The number of allylic oxidation sites excluding steroid dienone is 1. The van der Waals surface area contributed by atoms with Crippen molar-refractivity contribution in [1.82, 2.24) is 9.80 Å². The van der Waals surface area contributed by atoms with Gasteiger partial charge in [-0.25, -0.2) is 4.99 Å². The topological polar surface area (TPSA) is 35.9 Å². The number of halogens is 1. The number of amides is 1. The standard InChI is InChI=1S/C13H20BrN3O/c1-5-16(12(4)15-6-11(3)14)9-13(18)17-7-10(2)8-17/h6,10H,3-5,7-9H2,1-2H3. The first-order chi connectivity index (χ1) is 8.43. The van der Waals surface area contributed by atoms with Crippen molar-refractivity contribution < 1.29 is 4.79 Å². The lowest BCUT2D eigenvalue weighted by atomic mass is 10.0. The van der Waals surface area contributed by atoms with Crippen LogP contribution in [0.3, 0.4) is 0 Å². The first kappa shape index (κ1) is 15.0. The Kier molecular flexibility index (Phi) is 5.59. The highest BCUT2D eigenvalue weighted by atomic mass is 79.9. The largest absolute Gasteiger partial charge is 0.348 e. The minimum atomic E-state index is 0.143. The third-order valence-electron chi connectivity index (χ3n) is 2.84. The van der Waals surface area contributed by atoms with Gasteiger partial charge in [0.1, 0.15) is 5.82 Å². The molecule has 0 unspecified atom stereocenters. The van der Waals surface area contributed by atoms with Gasteiger partial charge in [-0.05, 0) is 28.8 Å². The van der Waals surface area contributed by atoms with Gasteiger partial charge in [-0.2, -0.15) is 0 Å². The molecule has 1 aliphatic heterocycles. The number of likely N-dealkylation sites (N-methyl/N-ethyl adjacent to an activating group) is 1. The lowest BCUT2D eigenvalue weighted by Gasteiger charge is -2.38. The second-order valence-electron chi connectivity index (χ2n) is 4.54. The molecule has 0 bridgehead atoms. The van der Waals surface area contributed by atoms with Gasteiger partial charge in [-0.15, -0.1) is 0 Å². The first-order valence-electron chi connectivity index (χ1n) is 6.04. The molecule has 1 aliphatic rings. The normalized spacial score (nSPS) is 15.6. The maximum atomic E-state index is 11.9. The summed E-state index contributed by atoms with van der Waals surface area (Å²) in [5.74, 6) is 1.35. The van der Waals surface area contributed by atoms with E-state index in [1.807, 2.05) is 16.7 Å². The van der Waals surface area contributed by atoms with Crippen molar-refractivity contribution in [3.63, 3.8) is 0 Å². The summed E-state index contributed by atoms with van der Waals surface area (Å²) in [5, 5.41) is 0. The van der Waals surface area contributed by atoms with Gasteiger partial charge < -0.3 is 9.80 Å². The van der Waals surface area contributed by atoms with Gasteiger partial charge in [0.25, 0.3) is 0 Å². The summed E-state index contributed by atoms with van der Waals surface area (Å²) in [6, 6.07) is 0. The van der Waals surface area contributed by atoms with Gasteiger partial charge in [-0.1, -0.05) is 20.1 Å². The predicted molar refractivity (Wildman–Crippen MR) is 78.7 cm³/mol. The summed E-state index contributed by atoms with van der Waals surface area (Å²) in [7, 11) is 0. The predicted octanol–water partition coefficient (Wildman–Crippen LogP) is 2.24. The molecule has 0 radical (unpaired) electrons. The van der Waals surface area contributed by atoms with Gasteiger partial charge in [-0.3, -0.25) is 4.79 Å². The Labute approximate surface area is 117 Å². The van der Waals surface area contributed by atoms with Gasteiger partial charge in [0.2, 0.25) is 5.91 Å². The highest BCUT2D eigenvalue weighted by Gasteiger charge is 2.27. The van der Waals surface area contributed by atoms with Crippen LogP contribution in [-0.2, 0) is 4.79 Å². The molecule has 5 heteroatoms. The van der Waals surface area contributed by atoms with E-state index >= 15 is 0 Å². The van der Waals surface area contributed by atoms with E-state index in [-0.39, 0.29) is 5.91 Å². The minimum Gasteiger partial charge on any atom is -0.348 e. The molecule has 4 nitrogen and oxygen atoms in total. The maximum Gasteiger partial charge on any atom is 0.242 e. The van der Waals surface area contributed by atoms with E-state index in [1.165, 1.54) is 0 Å². The monoisotopic (exact) mass is 313 g/mol. The second kappa shape index (κ2) is 6.73. The van der Waals surface area contributed by atoms with Crippen LogP contribution in [0.25, 0.3) is 0 Å². The number of hydrogen-bond acceptors (Lipinski definition) is 3. The highest BCUT2D eigenvalue weighted by molar-refractivity contribution is 9.12. The molecular weight excluding hydrogens is 294 g/mol. The van der Waals surface area contributed by atoms with E-state index in [4.69, 9.17) is 0 Å². The van der Waals surface area contributed by atoms with Crippen molar-refractivity contribution >= 4 is 28.1 Å². The number of likely N-dealkylation sites (tertiary alicyclic amines) is 1. The van der Waals surface area contributed by atoms with Crippen LogP contribution in [0.5, 0.6) is 0 Å². The summed E-state index contributed by atoms with van der Waals surface area (Å²) in [5.41, 5.74) is 0. The SMILES string of the molecule is C=C(Br)C=NC(=C)N(CC)CC(=O)N1CC(C)C1. The van der Waals surface area contributed by atoms with Crippen LogP contribution in [-0.4, -0.2) is 48.1 Å². The van der Waals surface area contributed by atoms with E-state index in [2.05, 4.69) is 41.0 Å². The molecule has 1 rings (SSSR count). The zero-order valence-corrected chi connectivity index (χ0v) is 12.6. The summed E-state index contributed by atoms with van der Waals surface area (Å²) in [4.78, 5) is 19.8. The molecule has 0 aromatic heterocycles. The van der Waals surface area contributed by atoms with E-state index in [0.717, 1.165) is 13.1 Å². The number of carbonyl (C=O) groups is 1. The maximum absolute atomic E-state index is 11.9. The molecule has 0 aromatic rings. The molecule has 0 N–H and O–H groups in total. The van der Waals surface area contributed by atoms with Crippen molar-refractivity contribution in [2.75, 3.05) is 26.2 Å². The average molecular weight is 314 g/mol. The number of aliphatic imine (C=N–C) groups is 1. The Morgan fingerprint density at radius 3 is 2.61 bits per heavy atom. The van der Waals surface area contributed by atoms with Crippen LogP contribution in [0.4, 0.5) is 0 Å². The number of hydrogen-bond donors (Lipinski definition) is 0. The van der Waals surface area contributed by atoms with Gasteiger partial charge in [0.15, 0.2) is 0 Å². The second-order valence-corrected chi connectivity index (χ2v) is 5.56. The van der Waals surface area contributed by atoms with Gasteiger partial charge in [0.05, 0.1) is 6.54 Å². The number of rotatable bonds is 6. The van der Waals surface area contributed by atoms with Crippen LogP contribution in [0.15, 0.2) is 28.5 Å². The Hall–Kier alpha value is -1.10. The molecule has 0 atom stereocenters. The molecule has 1 heterocycles.